The van der Waals surface area contributed by atoms with Gasteiger partial charge in [0.25, 0.3) is 11.7 Å². The summed E-state index contributed by atoms with van der Waals surface area (Å²) >= 11 is 0. The molecule has 0 unspecified atom stereocenters. The highest BCUT2D eigenvalue weighted by atomic mass is 19.2. The number of hydrogen-bond donors (Lipinski definition) is 0. The maximum atomic E-state index is 13.2. The van der Waals surface area contributed by atoms with E-state index in [1.165, 1.54) is 6.92 Å². The Morgan fingerprint density at radius 2 is 1.84 bits per heavy atom. The van der Waals surface area contributed by atoms with Crippen molar-refractivity contribution < 1.29 is 23.2 Å². The fraction of sp³-hybridized carbons (Fsp3) is 0.308. The highest BCUT2D eigenvalue weighted by molar-refractivity contribution is 6.52. The van der Waals surface area contributed by atoms with Gasteiger partial charge in [-0.05, 0) is 19.4 Å². The van der Waals surface area contributed by atoms with Crippen molar-refractivity contribution in [3.8, 4) is 0 Å². The van der Waals surface area contributed by atoms with E-state index in [0.29, 0.717) is 6.42 Å². The van der Waals surface area contributed by atoms with Crippen LogP contribution in [0.1, 0.15) is 30.1 Å². The molecule has 0 atom stereocenters. The Bertz CT molecular complexity index is 583. The van der Waals surface area contributed by atoms with E-state index >= 15 is 0 Å². The number of benzene rings is 1. The zero-order valence-corrected chi connectivity index (χ0v) is 10.2. The smallest absolute Gasteiger partial charge is 0.299 e. The van der Waals surface area contributed by atoms with E-state index in [1.54, 1.807) is 0 Å². The first-order valence-corrected chi connectivity index (χ1v) is 5.76. The van der Waals surface area contributed by atoms with E-state index < -0.39 is 23.3 Å². The van der Waals surface area contributed by atoms with Crippen molar-refractivity contribution in [2.75, 3.05) is 11.4 Å². The van der Waals surface area contributed by atoms with E-state index in [0.717, 1.165) is 17.0 Å². The Balaban J connectivity index is 2.28. The highest BCUT2D eigenvalue weighted by Gasteiger charge is 2.36. The predicted octanol–water partition coefficient (Wildman–Crippen LogP) is 1.86. The van der Waals surface area contributed by atoms with E-state index in [4.69, 9.17) is 0 Å². The molecule has 0 radical (unpaired) electrons. The molecule has 0 saturated heterocycles. The van der Waals surface area contributed by atoms with Crippen molar-refractivity contribution in [3.63, 3.8) is 0 Å². The molecule has 1 aromatic carbocycles. The normalized spacial score (nSPS) is 13.9. The number of nitrogens with zero attached hydrogens (tertiary/aromatic N) is 1. The molecular weight excluding hydrogens is 256 g/mol. The van der Waals surface area contributed by atoms with Gasteiger partial charge in [0.15, 0.2) is 11.6 Å². The molecule has 1 aromatic rings. The van der Waals surface area contributed by atoms with Crippen LogP contribution in [0.4, 0.5) is 14.5 Å². The van der Waals surface area contributed by atoms with E-state index in [1.807, 2.05) is 0 Å². The van der Waals surface area contributed by atoms with Crippen molar-refractivity contribution in [1.29, 1.82) is 0 Å². The summed E-state index contributed by atoms with van der Waals surface area (Å²) in [7, 11) is 0. The number of fused-ring (bicyclic) bond motifs is 1. The van der Waals surface area contributed by atoms with Gasteiger partial charge in [0.2, 0.25) is 0 Å². The van der Waals surface area contributed by atoms with Crippen molar-refractivity contribution in [3.05, 3.63) is 29.3 Å². The minimum absolute atomic E-state index is 0.0384. The summed E-state index contributed by atoms with van der Waals surface area (Å²) in [6.45, 7) is 1.54. The highest BCUT2D eigenvalue weighted by Crippen LogP contribution is 2.31. The molecule has 1 amide bonds. The zero-order chi connectivity index (χ0) is 14.2. The van der Waals surface area contributed by atoms with Gasteiger partial charge in [0.1, 0.15) is 5.78 Å². The second-order valence-corrected chi connectivity index (χ2v) is 4.37. The number of hydrogen-bond acceptors (Lipinski definition) is 3. The summed E-state index contributed by atoms with van der Waals surface area (Å²) < 4.78 is 26.2. The topological polar surface area (TPSA) is 54.5 Å². The molecular formula is C13H11F2NO3. The van der Waals surface area contributed by atoms with Crippen LogP contribution < -0.4 is 4.90 Å². The third-order valence-electron chi connectivity index (χ3n) is 2.92. The van der Waals surface area contributed by atoms with Gasteiger partial charge in [-0.2, -0.15) is 0 Å². The zero-order valence-electron chi connectivity index (χ0n) is 10.2. The van der Waals surface area contributed by atoms with Crippen LogP contribution in [0.2, 0.25) is 0 Å². The van der Waals surface area contributed by atoms with Crippen LogP contribution in [-0.2, 0) is 9.59 Å². The van der Waals surface area contributed by atoms with Gasteiger partial charge in [-0.3, -0.25) is 9.59 Å². The Morgan fingerprint density at radius 3 is 2.47 bits per heavy atom. The first kappa shape index (κ1) is 13.3. The number of anilines is 1. The van der Waals surface area contributed by atoms with Gasteiger partial charge < -0.3 is 9.69 Å². The molecule has 1 aliphatic heterocycles. The fourth-order valence-corrected chi connectivity index (χ4v) is 2.00. The Kier molecular flexibility index (Phi) is 3.42. The standard InChI is InChI=1S/C13H11F2NO3/c1-7(17)3-2-4-16-11-6-10(15)9(14)5-8(11)12(18)13(16)19/h5-6H,2-4H2,1H3. The predicted molar refractivity (Wildman–Crippen MR) is 63.0 cm³/mol. The van der Waals surface area contributed by atoms with Crippen LogP contribution in [0.15, 0.2) is 12.1 Å². The average Bonchev–Trinajstić information content (AvgIpc) is 2.55. The molecule has 0 aliphatic carbocycles. The number of carbonyl (C=O) groups excluding carboxylic acids is 3. The fourth-order valence-electron chi connectivity index (χ4n) is 2.00. The molecule has 0 N–H and O–H groups in total. The van der Waals surface area contributed by atoms with Gasteiger partial charge in [0.05, 0.1) is 11.3 Å². The van der Waals surface area contributed by atoms with Gasteiger partial charge >= 0.3 is 0 Å². The average molecular weight is 267 g/mol. The number of Topliss-reactive ketones (excluding diaryl/α,β-unsaturated/α-hetero) is 2. The van der Waals surface area contributed by atoms with Crippen LogP contribution in [0, 0.1) is 11.6 Å². The van der Waals surface area contributed by atoms with Crippen molar-refractivity contribution in [1.82, 2.24) is 0 Å². The lowest BCUT2D eigenvalue weighted by molar-refractivity contribution is -0.117. The minimum atomic E-state index is -1.16. The second-order valence-electron chi connectivity index (χ2n) is 4.37. The second kappa shape index (κ2) is 4.87. The lowest BCUT2D eigenvalue weighted by Crippen LogP contribution is -2.30. The van der Waals surface area contributed by atoms with Crippen molar-refractivity contribution >= 4 is 23.2 Å². The first-order valence-electron chi connectivity index (χ1n) is 5.76. The van der Waals surface area contributed by atoms with E-state index in [9.17, 15) is 23.2 Å². The molecule has 6 heteroatoms. The maximum absolute atomic E-state index is 13.2. The number of ketones is 2. The molecule has 1 heterocycles. The third kappa shape index (κ3) is 2.38. The van der Waals surface area contributed by atoms with Crippen LogP contribution in [0.25, 0.3) is 0 Å². The molecule has 0 bridgehead atoms. The molecule has 0 fully saturated rings. The minimum Gasteiger partial charge on any atom is -0.305 e. The molecule has 0 spiro atoms. The third-order valence-corrected chi connectivity index (χ3v) is 2.92. The molecule has 4 nitrogen and oxygen atoms in total. The monoisotopic (exact) mass is 267 g/mol. The first-order chi connectivity index (χ1) is 8.91. The number of halogens is 2. The Hall–Kier alpha value is -2.11. The Morgan fingerprint density at radius 1 is 1.21 bits per heavy atom. The number of amides is 1. The molecule has 1 aliphatic rings. The van der Waals surface area contributed by atoms with Crippen LogP contribution >= 0.6 is 0 Å². The van der Waals surface area contributed by atoms with Crippen molar-refractivity contribution in [2.24, 2.45) is 0 Å². The Labute approximate surface area is 108 Å². The van der Waals surface area contributed by atoms with Gasteiger partial charge in [0, 0.05) is 19.0 Å². The van der Waals surface area contributed by atoms with Gasteiger partial charge in [-0.15, -0.1) is 0 Å². The summed E-state index contributed by atoms with van der Waals surface area (Å²) in [5.41, 5.74) is -0.0656. The number of carbonyl (C=O) groups is 3. The molecule has 100 valence electrons. The summed E-state index contributed by atoms with van der Waals surface area (Å²) in [6, 6.07) is 1.57. The maximum Gasteiger partial charge on any atom is 0.299 e. The van der Waals surface area contributed by atoms with E-state index in [-0.39, 0.29) is 30.0 Å². The van der Waals surface area contributed by atoms with Gasteiger partial charge in [-0.1, -0.05) is 0 Å². The SMILES string of the molecule is CC(=O)CCCN1C(=O)C(=O)c2cc(F)c(F)cc21. The summed E-state index contributed by atoms with van der Waals surface area (Å²) in [5, 5.41) is 0. The molecule has 19 heavy (non-hydrogen) atoms. The lowest BCUT2D eigenvalue weighted by Gasteiger charge is -2.15. The van der Waals surface area contributed by atoms with Gasteiger partial charge in [-0.25, -0.2) is 8.78 Å². The van der Waals surface area contributed by atoms with Crippen LogP contribution in [-0.4, -0.2) is 24.0 Å². The summed E-state index contributed by atoms with van der Waals surface area (Å²) in [5.74, 6) is -3.98. The van der Waals surface area contributed by atoms with E-state index in [2.05, 4.69) is 0 Å². The quantitative estimate of drug-likeness (QED) is 0.782. The largest absolute Gasteiger partial charge is 0.305 e. The molecule has 0 aromatic heterocycles. The lowest BCUT2D eigenvalue weighted by atomic mass is 10.1. The van der Waals surface area contributed by atoms with Crippen LogP contribution in [0.3, 0.4) is 0 Å². The van der Waals surface area contributed by atoms with Crippen molar-refractivity contribution in [2.45, 2.75) is 19.8 Å². The molecule has 0 saturated carbocycles. The summed E-state index contributed by atoms with van der Waals surface area (Å²) in [6.07, 6.45) is 0.629. The number of rotatable bonds is 4. The van der Waals surface area contributed by atoms with Crippen LogP contribution in [0.5, 0.6) is 0 Å². The summed E-state index contributed by atoms with van der Waals surface area (Å²) in [4.78, 5) is 35.2. The molecule has 2 rings (SSSR count).